The van der Waals surface area contributed by atoms with Crippen LogP contribution in [-0.4, -0.2) is 20.5 Å². The van der Waals surface area contributed by atoms with Crippen LogP contribution < -0.4 is 0 Å². The van der Waals surface area contributed by atoms with Crippen molar-refractivity contribution in [2.24, 2.45) is 0 Å². The van der Waals surface area contributed by atoms with E-state index in [1.165, 1.54) is 18.3 Å². The van der Waals surface area contributed by atoms with Crippen molar-refractivity contribution in [2.75, 3.05) is 0 Å². The number of nitrogens with zero attached hydrogens (tertiary/aromatic N) is 2. The van der Waals surface area contributed by atoms with Gasteiger partial charge in [0.05, 0.1) is 6.20 Å². The molecule has 0 fully saturated rings. The molecule has 1 unspecified atom stereocenters. The van der Waals surface area contributed by atoms with Crippen molar-refractivity contribution >= 4 is 0 Å². The van der Waals surface area contributed by atoms with Gasteiger partial charge in [-0.2, -0.15) is 15.4 Å². The van der Waals surface area contributed by atoms with Crippen LogP contribution in [0.2, 0.25) is 0 Å². The molecule has 0 amide bonds. The zero-order chi connectivity index (χ0) is 10.8. The first-order chi connectivity index (χ1) is 7.16. The fraction of sp³-hybridized carbons (Fsp3) is 0.200. The predicted octanol–water partition coefficient (Wildman–Crippen LogP) is 1.33. The summed E-state index contributed by atoms with van der Waals surface area (Å²) in [5.74, 6) is -0.368. The second-order valence-electron chi connectivity index (χ2n) is 3.36. The molecule has 0 aliphatic rings. The molecule has 78 valence electrons. The quantitative estimate of drug-likeness (QED) is 0.781. The van der Waals surface area contributed by atoms with E-state index in [4.69, 9.17) is 0 Å². The maximum Gasteiger partial charge on any atom is 0.125 e. The Balaban J connectivity index is 2.37. The van der Waals surface area contributed by atoms with Crippen LogP contribution in [-0.2, 0) is 0 Å². The molecule has 1 aromatic heterocycles. The number of halogens is 1. The Bertz CT molecular complexity index is 435. The standard InChI is InChI=1S/C10H10FN3O/c1-6-2-7(4-8(11)3-6)10(15)9-5-12-14-13-9/h2-5,10,15H,1H3,(H,12,13,14). The highest BCUT2D eigenvalue weighted by Crippen LogP contribution is 2.21. The Morgan fingerprint density at radius 3 is 2.80 bits per heavy atom. The maximum absolute atomic E-state index is 13.1. The van der Waals surface area contributed by atoms with Crippen LogP contribution in [0, 0.1) is 12.7 Å². The highest BCUT2D eigenvalue weighted by molar-refractivity contribution is 5.29. The minimum atomic E-state index is -0.946. The summed E-state index contributed by atoms with van der Waals surface area (Å²) in [5, 5.41) is 19.6. The van der Waals surface area contributed by atoms with Gasteiger partial charge in [-0.25, -0.2) is 4.39 Å². The lowest BCUT2D eigenvalue weighted by Crippen LogP contribution is -2.01. The number of aromatic amines is 1. The smallest absolute Gasteiger partial charge is 0.125 e. The molecule has 2 aromatic rings. The third-order valence-electron chi connectivity index (χ3n) is 2.09. The van der Waals surface area contributed by atoms with Crippen molar-refractivity contribution in [1.82, 2.24) is 15.4 Å². The number of hydrogen-bond acceptors (Lipinski definition) is 3. The van der Waals surface area contributed by atoms with Crippen LogP contribution in [0.5, 0.6) is 0 Å². The summed E-state index contributed by atoms with van der Waals surface area (Å²) < 4.78 is 13.1. The topological polar surface area (TPSA) is 61.8 Å². The Labute approximate surface area is 85.8 Å². The molecule has 1 aromatic carbocycles. The van der Waals surface area contributed by atoms with Crippen LogP contribution in [0.15, 0.2) is 24.4 Å². The van der Waals surface area contributed by atoms with Crippen molar-refractivity contribution < 1.29 is 9.50 Å². The first kappa shape index (κ1) is 9.79. The molecule has 2 N–H and O–H groups in total. The zero-order valence-corrected chi connectivity index (χ0v) is 8.11. The SMILES string of the molecule is Cc1cc(F)cc(C(O)c2cn[nH]n2)c1. The molecule has 2 rings (SSSR count). The Morgan fingerprint density at radius 2 is 2.20 bits per heavy atom. The summed E-state index contributed by atoms with van der Waals surface area (Å²) in [6.45, 7) is 1.77. The molecule has 0 saturated heterocycles. The number of aryl methyl sites for hydroxylation is 1. The van der Waals surface area contributed by atoms with Crippen molar-refractivity contribution in [3.8, 4) is 0 Å². The number of aromatic nitrogens is 3. The van der Waals surface area contributed by atoms with Crippen LogP contribution in [0.3, 0.4) is 0 Å². The molecule has 0 aliphatic carbocycles. The molecule has 0 bridgehead atoms. The Kier molecular flexibility index (Phi) is 2.47. The summed E-state index contributed by atoms with van der Waals surface area (Å²) in [7, 11) is 0. The van der Waals surface area contributed by atoms with Gasteiger partial charge in [-0.1, -0.05) is 6.07 Å². The molecule has 1 heterocycles. The monoisotopic (exact) mass is 207 g/mol. The van der Waals surface area contributed by atoms with E-state index in [1.807, 2.05) is 0 Å². The summed E-state index contributed by atoms with van der Waals surface area (Å²) >= 11 is 0. The molecule has 0 saturated carbocycles. The van der Waals surface area contributed by atoms with E-state index in [9.17, 15) is 9.50 Å². The van der Waals surface area contributed by atoms with Gasteiger partial charge >= 0.3 is 0 Å². The lowest BCUT2D eigenvalue weighted by Gasteiger charge is -2.08. The van der Waals surface area contributed by atoms with E-state index in [-0.39, 0.29) is 5.82 Å². The molecule has 0 radical (unpaired) electrons. The lowest BCUT2D eigenvalue weighted by molar-refractivity contribution is 0.214. The molecular formula is C10H10FN3O. The molecule has 5 heteroatoms. The highest BCUT2D eigenvalue weighted by Gasteiger charge is 2.14. The van der Waals surface area contributed by atoms with E-state index >= 15 is 0 Å². The molecule has 4 nitrogen and oxygen atoms in total. The fourth-order valence-electron chi connectivity index (χ4n) is 1.44. The average Bonchev–Trinajstić information content (AvgIpc) is 2.67. The van der Waals surface area contributed by atoms with Gasteiger partial charge in [-0.05, 0) is 30.2 Å². The second kappa shape index (κ2) is 3.78. The van der Waals surface area contributed by atoms with Crippen molar-refractivity contribution in [3.63, 3.8) is 0 Å². The van der Waals surface area contributed by atoms with Gasteiger partial charge in [0, 0.05) is 0 Å². The van der Waals surface area contributed by atoms with Crippen LogP contribution >= 0.6 is 0 Å². The van der Waals surface area contributed by atoms with Gasteiger partial charge in [0.25, 0.3) is 0 Å². The van der Waals surface area contributed by atoms with E-state index in [1.54, 1.807) is 13.0 Å². The number of hydrogen-bond donors (Lipinski definition) is 2. The van der Waals surface area contributed by atoms with Gasteiger partial charge in [0.15, 0.2) is 0 Å². The second-order valence-corrected chi connectivity index (χ2v) is 3.36. The lowest BCUT2D eigenvalue weighted by atomic mass is 10.0. The zero-order valence-electron chi connectivity index (χ0n) is 8.11. The van der Waals surface area contributed by atoms with Gasteiger partial charge in [0.2, 0.25) is 0 Å². The van der Waals surface area contributed by atoms with E-state index < -0.39 is 6.10 Å². The molecule has 0 aliphatic heterocycles. The third-order valence-corrected chi connectivity index (χ3v) is 2.09. The molecule has 1 atom stereocenters. The normalized spacial score (nSPS) is 12.7. The number of benzene rings is 1. The number of aliphatic hydroxyl groups excluding tert-OH is 1. The van der Waals surface area contributed by atoms with E-state index in [0.717, 1.165) is 5.56 Å². The summed E-state index contributed by atoms with van der Waals surface area (Å²) in [5.41, 5.74) is 1.61. The molecular weight excluding hydrogens is 197 g/mol. The Hall–Kier alpha value is -1.75. The summed E-state index contributed by atoms with van der Waals surface area (Å²) in [6, 6.07) is 4.40. The predicted molar refractivity (Wildman–Crippen MR) is 51.6 cm³/mol. The van der Waals surface area contributed by atoms with Gasteiger partial charge in [-0.3, -0.25) is 0 Å². The van der Waals surface area contributed by atoms with Crippen LogP contribution in [0.25, 0.3) is 0 Å². The van der Waals surface area contributed by atoms with E-state index in [0.29, 0.717) is 11.3 Å². The first-order valence-corrected chi connectivity index (χ1v) is 4.47. The summed E-state index contributed by atoms with van der Waals surface area (Å²) in [6.07, 6.45) is 0.461. The van der Waals surface area contributed by atoms with Crippen molar-refractivity contribution in [2.45, 2.75) is 13.0 Å². The largest absolute Gasteiger partial charge is 0.382 e. The van der Waals surface area contributed by atoms with Crippen molar-refractivity contribution in [1.29, 1.82) is 0 Å². The van der Waals surface area contributed by atoms with Gasteiger partial charge in [-0.15, -0.1) is 0 Å². The number of rotatable bonds is 2. The van der Waals surface area contributed by atoms with Gasteiger partial charge < -0.3 is 5.11 Å². The fourth-order valence-corrected chi connectivity index (χ4v) is 1.44. The minimum absolute atomic E-state index is 0.368. The number of nitrogens with one attached hydrogen (secondary N) is 1. The van der Waals surface area contributed by atoms with Crippen LogP contribution in [0.4, 0.5) is 4.39 Å². The van der Waals surface area contributed by atoms with E-state index in [2.05, 4.69) is 15.4 Å². The number of H-pyrrole nitrogens is 1. The van der Waals surface area contributed by atoms with Crippen molar-refractivity contribution in [3.05, 3.63) is 47.0 Å². The summed E-state index contributed by atoms with van der Waals surface area (Å²) in [4.78, 5) is 0. The van der Waals surface area contributed by atoms with Crippen LogP contribution in [0.1, 0.15) is 22.9 Å². The van der Waals surface area contributed by atoms with Gasteiger partial charge in [0.1, 0.15) is 17.6 Å². The molecule has 15 heavy (non-hydrogen) atoms. The minimum Gasteiger partial charge on any atom is -0.382 e. The Morgan fingerprint density at radius 1 is 1.40 bits per heavy atom. The maximum atomic E-state index is 13.1. The molecule has 0 spiro atoms. The third kappa shape index (κ3) is 2.02. The number of aliphatic hydroxyl groups is 1. The first-order valence-electron chi connectivity index (χ1n) is 4.47. The average molecular weight is 207 g/mol. The highest BCUT2D eigenvalue weighted by atomic mass is 19.1.